The minimum absolute atomic E-state index is 0.0888. The van der Waals surface area contributed by atoms with Crippen molar-refractivity contribution >= 4 is 22.5 Å². The molecule has 6 heteroatoms. The van der Waals surface area contributed by atoms with E-state index in [-0.39, 0.29) is 11.8 Å². The maximum Gasteiger partial charge on any atom is 0.235 e. The van der Waals surface area contributed by atoms with E-state index >= 15 is 0 Å². The molecule has 2 N–H and O–H groups in total. The number of nitrogens with one attached hydrogen (secondary N) is 2. The summed E-state index contributed by atoms with van der Waals surface area (Å²) in [6.07, 6.45) is 3.26. The van der Waals surface area contributed by atoms with Gasteiger partial charge in [-0.05, 0) is 86.3 Å². The van der Waals surface area contributed by atoms with Gasteiger partial charge in [-0.15, -0.1) is 0 Å². The number of rotatable bonds is 4. The number of ether oxygens (including phenoxy) is 1. The van der Waals surface area contributed by atoms with Gasteiger partial charge in [0.1, 0.15) is 5.75 Å². The highest BCUT2D eigenvalue weighted by molar-refractivity contribution is 6.10. The average molecular weight is 479 g/mol. The molecule has 1 aliphatic carbocycles. The molecule has 2 aliphatic heterocycles. The molecule has 2 atom stereocenters. The molecule has 1 saturated heterocycles. The van der Waals surface area contributed by atoms with Crippen LogP contribution in [0, 0.1) is 0 Å². The van der Waals surface area contributed by atoms with Crippen LogP contribution < -0.4 is 10.1 Å². The fraction of sp³-hybridized carbons (Fsp3) is 0.333. The molecular weight excluding hydrogens is 448 g/mol. The van der Waals surface area contributed by atoms with Crippen LogP contribution >= 0.6 is 0 Å². The molecule has 2 unspecified atom stereocenters. The number of anilines is 1. The SMILES string of the molecule is COc1ccc2c(c1)C1(CC1c1ccc3c(-c4ccc(C5CCN(C)CC5)cc4)n[nH]c3c1)C(=O)N2. The highest BCUT2D eigenvalue weighted by atomic mass is 16.5. The molecule has 1 aromatic heterocycles. The highest BCUT2D eigenvalue weighted by Crippen LogP contribution is 2.65. The van der Waals surface area contributed by atoms with Crippen LogP contribution in [0.25, 0.3) is 22.2 Å². The van der Waals surface area contributed by atoms with Gasteiger partial charge in [0.25, 0.3) is 0 Å². The van der Waals surface area contributed by atoms with Gasteiger partial charge in [0, 0.05) is 22.6 Å². The summed E-state index contributed by atoms with van der Waals surface area (Å²) in [6, 6.07) is 21.3. The second kappa shape index (κ2) is 7.93. The van der Waals surface area contributed by atoms with Crippen LogP contribution in [0.1, 0.15) is 47.8 Å². The molecule has 2 fully saturated rings. The lowest BCUT2D eigenvalue weighted by atomic mass is 9.89. The Hall–Kier alpha value is -3.64. The molecule has 1 amide bonds. The summed E-state index contributed by atoms with van der Waals surface area (Å²) in [5.41, 5.74) is 7.16. The second-order valence-corrected chi connectivity index (χ2v) is 10.7. The third-order valence-electron chi connectivity index (χ3n) is 8.68. The molecule has 0 radical (unpaired) electrons. The van der Waals surface area contributed by atoms with E-state index in [0.717, 1.165) is 45.6 Å². The van der Waals surface area contributed by atoms with Crippen molar-refractivity contribution in [1.82, 2.24) is 15.1 Å². The van der Waals surface area contributed by atoms with E-state index in [0.29, 0.717) is 5.92 Å². The van der Waals surface area contributed by atoms with Crippen LogP contribution in [0.4, 0.5) is 5.69 Å². The van der Waals surface area contributed by atoms with Crippen molar-refractivity contribution in [2.45, 2.75) is 36.5 Å². The third kappa shape index (κ3) is 3.21. The summed E-state index contributed by atoms with van der Waals surface area (Å²) in [7, 11) is 3.87. The Morgan fingerprint density at radius 2 is 1.78 bits per heavy atom. The normalized spacial score (nSPS) is 23.7. The van der Waals surface area contributed by atoms with Crippen LogP contribution in [0.15, 0.2) is 60.7 Å². The molecule has 36 heavy (non-hydrogen) atoms. The number of benzene rings is 3. The Balaban J connectivity index is 1.16. The van der Waals surface area contributed by atoms with Gasteiger partial charge in [0.2, 0.25) is 5.91 Å². The summed E-state index contributed by atoms with van der Waals surface area (Å²) in [6.45, 7) is 2.34. The number of fused-ring (bicyclic) bond motifs is 3. The van der Waals surface area contributed by atoms with Gasteiger partial charge in [-0.2, -0.15) is 5.10 Å². The molecule has 7 rings (SSSR count). The standard InChI is InChI=1S/C30H30N4O2/c1-34-13-11-19(12-14-34)18-3-5-20(6-4-18)28-23-9-7-21(15-27(23)32-33-28)25-17-30(25)24-16-22(36-2)8-10-26(24)31-29(30)35/h3-10,15-16,19,25H,11-14,17H2,1-2H3,(H,31,35)(H,32,33). The molecule has 182 valence electrons. The fourth-order valence-electron chi connectivity index (χ4n) is 6.43. The molecule has 0 bridgehead atoms. The zero-order valence-electron chi connectivity index (χ0n) is 20.7. The maximum atomic E-state index is 13.0. The molecule has 6 nitrogen and oxygen atoms in total. The molecule has 3 aliphatic rings. The lowest BCUT2D eigenvalue weighted by Crippen LogP contribution is -2.29. The van der Waals surface area contributed by atoms with Gasteiger partial charge in [0.15, 0.2) is 0 Å². The van der Waals surface area contributed by atoms with Gasteiger partial charge in [-0.1, -0.05) is 36.4 Å². The van der Waals surface area contributed by atoms with Crippen LogP contribution in [0.2, 0.25) is 0 Å². The van der Waals surface area contributed by atoms with Gasteiger partial charge < -0.3 is 15.0 Å². The Bertz CT molecular complexity index is 1480. The molecule has 1 spiro atoms. The first-order valence-electron chi connectivity index (χ1n) is 12.8. The molecule has 3 heterocycles. The number of carbonyl (C=O) groups excluding carboxylic acids is 1. The van der Waals surface area contributed by atoms with E-state index in [2.05, 4.69) is 69.9 Å². The van der Waals surface area contributed by atoms with Gasteiger partial charge in [0.05, 0.1) is 23.7 Å². The van der Waals surface area contributed by atoms with E-state index in [4.69, 9.17) is 4.74 Å². The van der Waals surface area contributed by atoms with Gasteiger partial charge >= 0.3 is 0 Å². The smallest absolute Gasteiger partial charge is 0.235 e. The van der Waals surface area contributed by atoms with Crippen LogP contribution in [0.3, 0.4) is 0 Å². The van der Waals surface area contributed by atoms with Crippen LogP contribution in [-0.4, -0.2) is 48.3 Å². The fourth-order valence-corrected chi connectivity index (χ4v) is 6.43. The first-order valence-corrected chi connectivity index (χ1v) is 12.8. The van der Waals surface area contributed by atoms with Crippen molar-refractivity contribution in [3.8, 4) is 17.0 Å². The number of hydrogen-bond acceptors (Lipinski definition) is 4. The summed E-state index contributed by atoms with van der Waals surface area (Å²) >= 11 is 0. The van der Waals surface area contributed by atoms with Gasteiger partial charge in [-0.25, -0.2) is 0 Å². The minimum Gasteiger partial charge on any atom is -0.497 e. The van der Waals surface area contributed by atoms with Crippen molar-refractivity contribution < 1.29 is 9.53 Å². The predicted molar refractivity (Wildman–Crippen MR) is 142 cm³/mol. The zero-order valence-corrected chi connectivity index (χ0v) is 20.7. The zero-order chi connectivity index (χ0) is 24.4. The first-order chi connectivity index (χ1) is 17.6. The van der Waals surface area contributed by atoms with Crippen molar-refractivity contribution in [2.24, 2.45) is 0 Å². The van der Waals surface area contributed by atoms with Crippen LogP contribution in [-0.2, 0) is 10.2 Å². The van der Waals surface area contributed by atoms with E-state index in [9.17, 15) is 4.79 Å². The third-order valence-corrected chi connectivity index (χ3v) is 8.68. The first kappa shape index (κ1) is 21.6. The lowest BCUT2D eigenvalue weighted by Gasteiger charge is -2.29. The Morgan fingerprint density at radius 1 is 1.00 bits per heavy atom. The molecule has 1 saturated carbocycles. The molecule has 3 aromatic carbocycles. The monoisotopic (exact) mass is 478 g/mol. The highest BCUT2D eigenvalue weighted by Gasteiger charge is 2.65. The summed E-state index contributed by atoms with van der Waals surface area (Å²) in [5.74, 6) is 1.67. The number of nitrogens with zero attached hydrogens (tertiary/aromatic N) is 2. The summed E-state index contributed by atoms with van der Waals surface area (Å²) in [4.78, 5) is 15.4. The molecular formula is C30H30N4O2. The number of hydrogen-bond donors (Lipinski definition) is 2. The number of aromatic nitrogens is 2. The quantitative estimate of drug-likeness (QED) is 0.411. The molecule has 4 aromatic rings. The van der Waals surface area contributed by atoms with Crippen molar-refractivity contribution in [2.75, 3.05) is 32.6 Å². The van der Waals surface area contributed by atoms with Crippen LogP contribution in [0.5, 0.6) is 5.75 Å². The van der Waals surface area contributed by atoms with Crippen molar-refractivity contribution in [3.05, 3.63) is 77.4 Å². The topological polar surface area (TPSA) is 70.2 Å². The largest absolute Gasteiger partial charge is 0.497 e. The minimum atomic E-state index is -0.496. The average Bonchev–Trinajstić information content (AvgIpc) is 3.44. The summed E-state index contributed by atoms with van der Waals surface area (Å²) in [5, 5.41) is 12.1. The number of amides is 1. The summed E-state index contributed by atoms with van der Waals surface area (Å²) < 4.78 is 5.43. The Kier molecular flexibility index (Phi) is 4.77. The second-order valence-electron chi connectivity index (χ2n) is 10.7. The van der Waals surface area contributed by atoms with Crippen molar-refractivity contribution in [3.63, 3.8) is 0 Å². The number of piperidine rings is 1. The number of methoxy groups -OCH3 is 1. The Morgan fingerprint density at radius 3 is 2.56 bits per heavy atom. The van der Waals surface area contributed by atoms with Crippen molar-refractivity contribution in [1.29, 1.82) is 0 Å². The van der Waals surface area contributed by atoms with E-state index in [1.54, 1.807) is 7.11 Å². The number of H-pyrrole nitrogens is 1. The van der Waals surface area contributed by atoms with E-state index in [1.807, 2.05) is 18.2 Å². The van der Waals surface area contributed by atoms with E-state index < -0.39 is 5.41 Å². The van der Waals surface area contributed by atoms with E-state index in [1.165, 1.54) is 37.1 Å². The predicted octanol–water partition coefficient (Wildman–Crippen LogP) is 5.43. The number of likely N-dealkylation sites (tertiary alicyclic amines) is 1. The van der Waals surface area contributed by atoms with Gasteiger partial charge in [-0.3, -0.25) is 9.89 Å². The number of carbonyl (C=O) groups is 1. The maximum absolute atomic E-state index is 13.0. The Labute approximate surface area is 210 Å². The lowest BCUT2D eigenvalue weighted by molar-refractivity contribution is -0.118. The number of aromatic amines is 1.